The number of rotatable bonds is 2. The van der Waals surface area contributed by atoms with Crippen LogP contribution in [0, 0.1) is 11.3 Å². The molecule has 0 saturated carbocycles. The van der Waals surface area contributed by atoms with Crippen LogP contribution in [0.5, 0.6) is 0 Å². The predicted molar refractivity (Wildman–Crippen MR) is 71.4 cm³/mol. The first-order valence-electron chi connectivity index (χ1n) is 6.39. The first-order valence-corrected chi connectivity index (χ1v) is 6.39. The number of nitriles is 1. The number of nitrogen functional groups attached to an aromatic ring is 1. The van der Waals surface area contributed by atoms with Crippen LogP contribution in [0.3, 0.4) is 0 Å². The number of hydrogen-bond donors (Lipinski definition) is 2. The van der Waals surface area contributed by atoms with Gasteiger partial charge in [0.15, 0.2) is 5.82 Å². The van der Waals surface area contributed by atoms with Crippen LogP contribution in [-0.4, -0.2) is 36.0 Å². The highest BCUT2D eigenvalue weighted by atomic mass is 15.4. The molecule has 1 saturated heterocycles. The van der Waals surface area contributed by atoms with Gasteiger partial charge < -0.3 is 16.0 Å². The summed E-state index contributed by atoms with van der Waals surface area (Å²) in [6, 6.07) is 2.35. The molecule has 2 heterocycles. The third-order valence-corrected chi connectivity index (χ3v) is 3.17. The fourth-order valence-corrected chi connectivity index (χ4v) is 2.21. The predicted octanol–water partition coefficient (Wildman–Crippen LogP) is 0.718. The molecule has 6 nitrogen and oxygen atoms in total. The SMILES string of the molecule is CC(C)n1nc(N2CCCNCC2)c(C#N)c1N. The third-order valence-electron chi connectivity index (χ3n) is 3.17. The maximum absolute atomic E-state index is 9.27. The van der Waals surface area contributed by atoms with Crippen molar-refractivity contribution in [3.63, 3.8) is 0 Å². The van der Waals surface area contributed by atoms with Gasteiger partial charge in [0.1, 0.15) is 17.5 Å². The summed E-state index contributed by atoms with van der Waals surface area (Å²) in [7, 11) is 0. The summed E-state index contributed by atoms with van der Waals surface area (Å²) in [5.41, 5.74) is 6.50. The van der Waals surface area contributed by atoms with Gasteiger partial charge in [0.25, 0.3) is 0 Å². The molecule has 0 unspecified atom stereocenters. The molecule has 0 amide bonds. The van der Waals surface area contributed by atoms with E-state index < -0.39 is 0 Å². The van der Waals surface area contributed by atoms with Crippen molar-refractivity contribution in [2.75, 3.05) is 36.8 Å². The summed E-state index contributed by atoms with van der Waals surface area (Å²) < 4.78 is 1.73. The van der Waals surface area contributed by atoms with E-state index in [-0.39, 0.29) is 6.04 Å². The number of nitrogens with two attached hydrogens (primary N) is 1. The van der Waals surface area contributed by atoms with E-state index in [1.165, 1.54) is 0 Å². The maximum Gasteiger partial charge on any atom is 0.170 e. The van der Waals surface area contributed by atoms with E-state index in [1.807, 2.05) is 13.8 Å². The molecule has 0 aromatic carbocycles. The van der Waals surface area contributed by atoms with Crippen LogP contribution in [0.15, 0.2) is 0 Å². The summed E-state index contributed by atoms with van der Waals surface area (Å²) in [6.07, 6.45) is 1.05. The minimum Gasteiger partial charge on any atom is -0.383 e. The minimum absolute atomic E-state index is 0.163. The Kier molecular flexibility index (Phi) is 3.72. The van der Waals surface area contributed by atoms with Crippen LogP contribution in [0.1, 0.15) is 31.9 Å². The average molecular weight is 248 g/mol. The van der Waals surface area contributed by atoms with Crippen LogP contribution < -0.4 is 16.0 Å². The van der Waals surface area contributed by atoms with Gasteiger partial charge in [-0.2, -0.15) is 10.4 Å². The van der Waals surface area contributed by atoms with Crippen molar-refractivity contribution in [3.8, 4) is 6.07 Å². The van der Waals surface area contributed by atoms with Crippen LogP contribution in [0.2, 0.25) is 0 Å². The summed E-state index contributed by atoms with van der Waals surface area (Å²) in [4.78, 5) is 2.15. The lowest BCUT2D eigenvalue weighted by atomic mass is 10.3. The van der Waals surface area contributed by atoms with Gasteiger partial charge in [-0.05, 0) is 26.8 Å². The van der Waals surface area contributed by atoms with Gasteiger partial charge in [0, 0.05) is 25.7 Å². The second-order valence-electron chi connectivity index (χ2n) is 4.82. The Labute approximate surface area is 107 Å². The molecular formula is C12H20N6. The zero-order valence-corrected chi connectivity index (χ0v) is 11.0. The fraction of sp³-hybridized carbons (Fsp3) is 0.667. The van der Waals surface area contributed by atoms with Gasteiger partial charge >= 0.3 is 0 Å². The molecule has 1 aromatic heterocycles. The fourth-order valence-electron chi connectivity index (χ4n) is 2.21. The number of hydrogen-bond acceptors (Lipinski definition) is 5. The van der Waals surface area contributed by atoms with Gasteiger partial charge in [-0.3, -0.25) is 0 Å². The molecule has 0 aliphatic carbocycles. The zero-order chi connectivity index (χ0) is 13.1. The molecule has 2 rings (SSSR count). The van der Waals surface area contributed by atoms with Crippen molar-refractivity contribution in [3.05, 3.63) is 5.56 Å². The van der Waals surface area contributed by atoms with Gasteiger partial charge in [-0.15, -0.1) is 0 Å². The standard InChI is InChI=1S/C12H20N6/c1-9(2)18-11(14)10(8-13)12(16-18)17-6-3-4-15-5-7-17/h9,15H,3-7,14H2,1-2H3. The van der Waals surface area contributed by atoms with Crippen molar-refractivity contribution in [1.82, 2.24) is 15.1 Å². The minimum atomic E-state index is 0.163. The van der Waals surface area contributed by atoms with Crippen molar-refractivity contribution in [2.24, 2.45) is 0 Å². The second-order valence-corrected chi connectivity index (χ2v) is 4.82. The first-order chi connectivity index (χ1) is 8.65. The van der Waals surface area contributed by atoms with Crippen molar-refractivity contribution < 1.29 is 0 Å². The molecule has 0 radical (unpaired) electrons. The molecule has 0 atom stereocenters. The molecule has 0 bridgehead atoms. The van der Waals surface area contributed by atoms with Crippen LogP contribution in [0.4, 0.5) is 11.6 Å². The van der Waals surface area contributed by atoms with Gasteiger partial charge in [-0.1, -0.05) is 0 Å². The topological polar surface area (TPSA) is 82.9 Å². The largest absolute Gasteiger partial charge is 0.383 e. The van der Waals surface area contributed by atoms with Gasteiger partial charge in [0.05, 0.1) is 0 Å². The number of anilines is 2. The highest BCUT2D eigenvalue weighted by molar-refractivity contribution is 5.65. The number of nitrogens with zero attached hydrogens (tertiary/aromatic N) is 4. The summed E-state index contributed by atoms with van der Waals surface area (Å²) in [5.74, 6) is 1.20. The maximum atomic E-state index is 9.27. The van der Waals surface area contributed by atoms with Gasteiger partial charge in [0.2, 0.25) is 0 Å². The lowest BCUT2D eigenvalue weighted by Crippen LogP contribution is -2.28. The molecule has 1 fully saturated rings. The molecule has 1 aliphatic heterocycles. The monoisotopic (exact) mass is 248 g/mol. The van der Waals surface area contributed by atoms with E-state index in [2.05, 4.69) is 21.4 Å². The van der Waals surface area contributed by atoms with Crippen molar-refractivity contribution in [2.45, 2.75) is 26.3 Å². The van der Waals surface area contributed by atoms with E-state index in [0.29, 0.717) is 11.4 Å². The van der Waals surface area contributed by atoms with Crippen LogP contribution >= 0.6 is 0 Å². The molecule has 1 aromatic rings. The second kappa shape index (κ2) is 5.27. The van der Waals surface area contributed by atoms with E-state index in [9.17, 15) is 5.26 Å². The molecule has 98 valence electrons. The van der Waals surface area contributed by atoms with E-state index in [4.69, 9.17) is 5.73 Å². The quantitative estimate of drug-likeness (QED) is 0.805. The zero-order valence-electron chi connectivity index (χ0n) is 11.0. The Balaban J connectivity index is 2.37. The molecule has 3 N–H and O–H groups in total. The Morgan fingerprint density at radius 3 is 2.83 bits per heavy atom. The normalized spacial score (nSPS) is 16.7. The Morgan fingerprint density at radius 2 is 2.17 bits per heavy atom. The summed E-state index contributed by atoms with van der Waals surface area (Å²) in [5, 5.41) is 17.1. The van der Waals surface area contributed by atoms with Crippen LogP contribution in [0.25, 0.3) is 0 Å². The highest BCUT2D eigenvalue weighted by Gasteiger charge is 2.22. The molecule has 18 heavy (non-hydrogen) atoms. The molecule has 1 aliphatic rings. The highest BCUT2D eigenvalue weighted by Crippen LogP contribution is 2.27. The van der Waals surface area contributed by atoms with Crippen molar-refractivity contribution >= 4 is 11.6 Å². The Morgan fingerprint density at radius 1 is 1.39 bits per heavy atom. The average Bonchev–Trinajstić information content (AvgIpc) is 2.54. The number of aromatic nitrogens is 2. The van der Waals surface area contributed by atoms with E-state index in [0.717, 1.165) is 38.4 Å². The van der Waals surface area contributed by atoms with Crippen molar-refractivity contribution in [1.29, 1.82) is 5.26 Å². The van der Waals surface area contributed by atoms with E-state index in [1.54, 1.807) is 4.68 Å². The lowest BCUT2D eigenvalue weighted by Gasteiger charge is -2.19. The summed E-state index contributed by atoms with van der Waals surface area (Å²) >= 11 is 0. The Bertz CT molecular complexity index is 448. The van der Waals surface area contributed by atoms with Crippen LogP contribution in [-0.2, 0) is 0 Å². The lowest BCUT2D eigenvalue weighted by molar-refractivity contribution is 0.538. The Hall–Kier alpha value is -1.74. The van der Waals surface area contributed by atoms with E-state index >= 15 is 0 Å². The smallest absolute Gasteiger partial charge is 0.170 e. The van der Waals surface area contributed by atoms with Gasteiger partial charge in [-0.25, -0.2) is 4.68 Å². The summed E-state index contributed by atoms with van der Waals surface area (Å²) in [6.45, 7) is 7.73. The first kappa shape index (κ1) is 12.7. The molecule has 6 heteroatoms. The number of nitrogens with one attached hydrogen (secondary N) is 1. The third kappa shape index (κ3) is 2.27. The molecule has 0 spiro atoms. The molecular weight excluding hydrogens is 228 g/mol.